The van der Waals surface area contributed by atoms with Crippen molar-refractivity contribution in [2.24, 2.45) is 14.1 Å². The molecule has 0 N–H and O–H groups in total. The van der Waals surface area contributed by atoms with Gasteiger partial charge in [0.15, 0.2) is 0 Å². The van der Waals surface area contributed by atoms with Crippen molar-refractivity contribution in [3.05, 3.63) is 99.1 Å². The fourth-order valence-corrected chi connectivity index (χ4v) is 7.94. The van der Waals surface area contributed by atoms with E-state index in [1.54, 1.807) is 11.3 Å². The number of benzene rings is 2. The Morgan fingerprint density at radius 3 is 2.11 bits per heavy atom. The van der Waals surface area contributed by atoms with E-state index in [4.69, 9.17) is 0 Å². The third-order valence-electron chi connectivity index (χ3n) is 8.17. The van der Waals surface area contributed by atoms with Gasteiger partial charge in [-0.1, -0.05) is 42.5 Å². The second kappa shape index (κ2) is 7.45. The van der Waals surface area contributed by atoms with Crippen molar-refractivity contribution in [1.82, 2.24) is 9.13 Å². The van der Waals surface area contributed by atoms with E-state index in [1.165, 1.54) is 70.1 Å². The number of aryl methyl sites for hydroxylation is 2. The minimum Gasteiger partial charge on any atom is -0.343 e. The molecule has 4 heteroatoms. The Balaban J connectivity index is 1.33. The van der Waals surface area contributed by atoms with Gasteiger partial charge in [-0.2, -0.15) is 0 Å². The van der Waals surface area contributed by atoms with E-state index in [0.717, 1.165) is 6.42 Å². The van der Waals surface area contributed by atoms with Crippen molar-refractivity contribution in [3.8, 4) is 21.1 Å². The number of thiophene rings is 2. The van der Waals surface area contributed by atoms with Crippen LogP contribution in [0.3, 0.4) is 0 Å². The number of allylic oxidation sites excluding steroid dienone is 1. The Morgan fingerprint density at radius 2 is 1.42 bits per heavy atom. The molecule has 2 aliphatic rings. The summed E-state index contributed by atoms with van der Waals surface area (Å²) < 4.78 is 4.68. The second-order valence-electron chi connectivity index (χ2n) is 9.87. The van der Waals surface area contributed by atoms with Crippen LogP contribution in [-0.2, 0) is 14.1 Å². The van der Waals surface area contributed by atoms with Crippen molar-refractivity contribution >= 4 is 62.2 Å². The molecule has 8 rings (SSSR count). The van der Waals surface area contributed by atoms with Gasteiger partial charge in [0.1, 0.15) is 0 Å². The summed E-state index contributed by atoms with van der Waals surface area (Å²) in [6, 6.07) is 22.8. The molecular formula is C32H24N2S2. The number of hydrogen-bond acceptors (Lipinski definition) is 2. The van der Waals surface area contributed by atoms with Gasteiger partial charge in [-0.15, -0.1) is 22.7 Å². The first kappa shape index (κ1) is 20.6. The van der Waals surface area contributed by atoms with Gasteiger partial charge < -0.3 is 9.13 Å². The molecular weight excluding hydrogens is 477 g/mol. The summed E-state index contributed by atoms with van der Waals surface area (Å²) in [5.74, 6) is 0.408. The van der Waals surface area contributed by atoms with Gasteiger partial charge in [0, 0.05) is 41.8 Å². The molecule has 0 bridgehead atoms. The average molecular weight is 501 g/mol. The predicted molar refractivity (Wildman–Crippen MR) is 156 cm³/mol. The summed E-state index contributed by atoms with van der Waals surface area (Å²) in [4.78, 5) is 2.65. The molecule has 0 spiro atoms. The maximum absolute atomic E-state index is 2.49. The van der Waals surface area contributed by atoms with Crippen LogP contribution in [0.4, 0.5) is 0 Å². The molecule has 0 fully saturated rings. The molecule has 0 saturated carbocycles. The molecule has 1 unspecified atom stereocenters. The van der Waals surface area contributed by atoms with Gasteiger partial charge in [-0.25, -0.2) is 0 Å². The highest BCUT2D eigenvalue weighted by molar-refractivity contribution is 7.13. The van der Waals surface area contributed by atoms with Crippen LogP contribution in [0.15, 0.2) is 77.5 Å². The summed E-state index contributed by atoms with van der Waals surface area (Å²) in [6.45, 7) is 0. The van der Waals surface area contributed by atoms with Crippen LogP contribution in [0.25, 0.3) is 60.7 Å². The lowest BCUT2D eigenvalue weighted by Crippen LogP contribution is -2.33. The van der Waals surface area contributed by atoms with Crippen LogP contribution in [0, 0.1) is 0 Å². The van der Waals surface area contributed by atoms with E-state index in [-0.39, 0.29) is 0 Å². The van der Waals surface area contributed by atoms with Crippen LogP contribution >= 0.6 is 22.7 Å². The quantitative estimate of drug-likeness (QED) is 0.237. The van der Waals surface area contributed by atoms with Crippen molar-refractivity contribution in [2.75, 3.05) is 0 Å². The average Bonchev–Trinajstić information content (AvgIpc) is 3.71. The summed E-state index contributed by atoms with van der Waals surface area (Å²) in [6.07, 6.45) is 8.28. The number of aromatic nitrogens is 2. The number of nitrogens with zero attached hydrogens (tertiary/aromatic N) is 2. The summed E-state index contributed by atoms with van der Waals surface area (Å²) in [5.41, 5.74) is 9.50. The highest BCUT2D eigenvalue weighted by atomic mass is 32.1. The normalized spacial score (nSPS) is 16.3. The lowest BCUT2D eigenvalue weighted by molar-refractivity contribution is 0.892. The Morgan fingerprint density at radius 1 is 0.750 bits per heavy atom. The van der Waals surface area contributed by atoms with Gasteiger partial charge >= 0.3 is 0 Å². The minimum absolute atomic E-state index is 0.408. The van der Waals surface area contributed by atoms with E-state index < -0.39 is 0 Å². The van der Waals surface area contributed by atoms with Gasteiger partial charge in [0.05, 0.1) is 21.1 Å². The molecule has 174 valence electrons. The van der Waals surface area contributed by atoms with Crippen LogP contribution in [-0.4, -0.2) is 9.13 Å². The number of hydrogen-bond donors (Lipinski definition) is 0. The predicted octanol–water partition coefficient (Wildman–Crippen LogP) is 7.27. The molecule has 0 aliphatic heterocycles. The summed E-state index contributed by atoms with van der Waals surface area (Å²) in [5, 5.41) is 9.82. The van der Waals surface area contributed by atoms with Crippen molar-refractivity contribution in [2.45, 2.75) is 12.3 Å². The van der Waals surface area contributed by atoms with Gasteiger partial charge in [0.2, 0.25) is 0 Å². The van der Waals surface area contributed by atoms with E-state index in [2.05, 4.69) is 113 Å². The molecule has 2 nitrogen and oxygen atoms in total. The van der Waals surface area contributed by atoms with E-state index >= 15 is 0 Å². The van der Waals surface area contributed by atoms with Crippen molar-refractivity contribution < 1.29 is 0 Å². The van der Waals surface area contributed by atoms with Crippen molar-refractivity contribution in [1.29, 1.82) is 0 Å². The molecule has 2 aromatic carbocycles. The van der Waals surface area contributed by atoms with E-state index in [0.29, 0.717) is 5.92 Å². The monoisotopic (exact) mass is 500 g/mol. The smallest absolute Gasteiger partial charge is 0.0590 e. The molecule has 36 heavy (non-hydrogen) atoms. The Labute approximate surface area is 217 Å². The third kappa shape index (κ3) is 2.71. The Kier molecular flexibility index (Phi) is 4.26. The second-order valence-corrected chi connectivity index (χ2v) is 11.8. The van der Waals surface area contributed by atoms with Gasteiger partial charge in [0.25, 0.3) is 0 Å². The lowest BCUT2D eigenvalue weighted by Gasteiger charge is -2.27. The van der Waals surface area contributed by atoms with Crippen LogP contribution in [0.1, 0.15) is 23.5 Å². The fourth-order valence-electron chi connectivity index (χ4n) is 6.39. The van der Waals surface area contributed by atoms with E-state index in [1.807, 2.05) is 11.3 Å². The van der Waals surface area contributed by atoms with Crippen LogP contribution in [0.5, 0.6) is 0 Å². The molecule has 4 heterocycles. The van der Waals surface area contributed by atoms with Crippen LogP contribution in [0.2, 0.25) is 0 Å². The molecule has 1 atom stereocenters. The first-order chi connectivity index (χ1) is 17.7. The maximum atomic E-state index is 2.49. The maximum Gasteiger partial charge on any atom is 0.0590 e. The van der Waals surface area contributed by atoms with E-state index in [9.17, 15) is 0 Å². The molecule has 2 aliphatic carbocycles. The topological polar surface area (TPSA) is 9.86 Å². The van der Waals surface area contributed by atoms with Crippen LogP contribution < -0.4 is 10.4 Å². The summed E-state index contributed by atoms with van der Waals surface area (Å²) in [7, 11) is 4.38. The Bertz CT molecular complexity index is 1980. The fraction of sp³-hybridized carbons (Fsp3) is 0.125. The number of fused-ring (bicyclic) bond motifs is 8. The molecule has 4 aromatic heterocycles. The first-order valence-corrected chi connectivity index (χ1v) is 14.2. The zero-order chi connectivity index (χ0) is 24.0. The zero-order valence-electron chi connectivity index (χ0n) is 20.2. The molecule has 0 radical (unpaired) electrons. The minimum atomic E-state index is 0.408. The van der Waals surface area contributed by atoms with Gasteiger partial charge in [-0.3, -0.25) is 0 Å². The Hall–Kier alpha value is -3.60. The largest absolute Gasteiger partial charge is 0.343 e. The number of rotatable bonds is 2. The first-order valence-electron chi connectivity index (χ1n) is 12.4. The zero-order valence-corrected chi connectivity index (χ0v) is 21.8. The highest BCUT2D eigenvalue weighted by Gasteiger charge is 2.26. The molecule has 6 aromatic rings. The third-order valence-corrected chi connectivity index (χ3v) is 9.95. The summed E-state index contributed by atoms with van der Waals surface area (Å²) >= 11 is 3.61. The SMILES string of the molecule is Cn1c(-c2cccs2)cc2c3c(ccc21)C1CC=c2c(ccc4c2cc(-c2cccs2)n4C)=C1C=C3. The molecule has 0 saturated heterocycles. The van der Waals surface area contributed by atoms with Gasteiger partial charge in [-0.05, 0) is 80.7 Å². The molecule has 0 amide bonds. The van der Waals surface area contributed by atoms with Crippen molar-refractivity contribution in [3.63, 3.8) is 0 Å². The standard InChI is InChI=1S/C32H24N2S2/c1-33-27-13-11-21-19-8-10-24-22(12-14-28-26(24)18-30(34(28)2)32-6-4-16-36-32)20(19)7-9-23(21)25(27)17-29(33)31-5-3-15-35-31/h3-7,9-19H,8H2,1-2H3. The highest BCUT2D eigenvalue weighted by Crippen LogP contribution is 2.42. The lowest BCUT2D eigenvalue weighted by atomic mass is 9.77.